The lowest BCUT2D eigenvalue weighted by atomic mass is 9.82. The molecular weight excluding hydrogens is 446 g/mol. The topological polar surface area (TPSA) is 63.6 Å². The van der Waals surface area contributed by atoms with E-state index in [1.807, 2.05) is 0 Å². The Bertz CT molecular complexity index is 1310. The van der Waals surface area contributed by atoms with Crippen LogP contribution in [0.2, 0.25) is 5.02 Å². The molecule has 0 saturated carbocycles. The number of hydrogen-bond donors (Lipinski definition) is 1. The van der Waals surface area contributed by atoms with Crippen molar-refractivity contribution in [2.75, 3.05) is 25.5 Å². The van der Waals surface area contributed by atoms with Crippen molar-refractivity contribution < 1.29 is 13.2 Å². The van der Waals surface area contributed by atoms with E-state index in [-0.39, 0.29) is 10.4 Å². The number of ether oxygens (including phenoxy) is 1. The molecule has 0 atom stereocenters. The summed E-state index contributed by atoms with van der Waals surface area (Å²) in [6, 6.07) is 13.2. The van der Waals surface area contributed by atoms with Gasteiger partial charge in [-0.1, -0.05) is 17.7 Å². The van der Waals surface area contributed by atoms with Gasteiger partial charge in [-0.3, -0.25) is 0 Å². The number of nitrogens with zero attached hydrogens (tertiary/aromatic N) is 2. The molecule has 32 heavy (non-hydrogen) atoms. The van der Waals surface area contributed by atoms with Gasteiger partial charge in [-0.2, -0.15) is 4.31 Å². The van der Waals surface area contributed by atoms with E-state index in [9.17, 15) is 8.42 Å². The molecule has 1 fully saturated rings. The molecule has 5 rings (SSSR count). The first-order valence-electron chi connectivity index (χ1n) is 10.7. The van der Waals surface area contributed by atoms with Crippen LogP contribution < -0.4 is 10.1 Å². The summed E-state index contributed by atoms with van der Waals surface area (Å²) >= 11 is 6.10. The zero-order valence-electron chi connectivity index (χ0n) is 18.4. The van der Waals surface area contributed by atoms with E-state index in [1.165, 1.54) is 40.0 Å². The summed E-state index contributed by atoms with van der Waals surface area (Å²) in [5.74, 6) is 0.305. The third-order valence-corrected chi connectivity index (χ3v) is 9.03. The minimum atomic E-state index is -3.73. The van der Waals surface area contributed by atoms with E-state index in [0.29, 0.717) is 36.7 Å². The van der Waals surface area contributed by atoms with Crippen molar-refractivity contribution in [3.05, 3.63) is 70.5 Å². The van der Waals surface area contributed by atoms with Gasteiger partial charge in [0.05, 0.1) is 24.0 Å². The Morgan fingerprint density at radius 3 is 2.56 bits per heavy atom. The molecule has 3 aromatic rings. The Morgan fingerprint density at radius 2 is 1.84 bits per heavy atom. The van der Waals surface area contributed by atoms with Gasteiger partial charge in [0.2, 0.25) is 10.0 Å². The number of fused-ring (bicyclic) bond motifs is 4. The normalized spacial score (nSPS) is 17.5. The van der Waals surface area contributed by atoms with E-state index in [0.717, 1.165) is 5.69 Å². The van der Waals surface area contributed by atoms with Crippen molar-refractivity contribution in [1.29, 1.82) is 0 Å². The smallest absolute Gasteiger partial charge is 0.246 e. The van der Waals surface area contributed by atoms with Crippen LogP contribution in [0.3, 0.4) is 0 Å². The number of methoxy groups -OCH3 is 1. The zero-order valence-corrected chi connectivity index (χ0v) is 19.9. The maximum Gasteiger partial charge on any atom is 0.246 e. The molecule has 2 aromatic carbocycles. The van der Waals surface area contributed by atoms with E-state index >= 15 is 0 Å². The summed E-state index contributed by atoms with van der Waals surface area (Å²) in [6.07, 6.45) is 3.42. The fraction of sp³-hybridized carbons (Fsp3) is 0.333. The van der Waals surface area contributed by atoms with Gasteiger partial charge in [-0.25, -0.2) is 8.42 Å². The van der Waals surface area contributed by atoms with Crippen LogP contribution in [0.5, 0.6) is 5.75 Å². The van der Waals surface area contributed by atoms with Crippen LogP contribution in [0.15, 0.2) is 53.6 Å². The molecule has 3 heterocycles. The molecule has 0 unspecified atom stereocenters. The number of aryl methyl sites for hydroxylation is 1. The summed E-state index contributed by atoms with van der Waals surface area (Å²) in [7, 11) is -2.26. The number of sulfonamides is 1. The van der Waals surface area contributed by atoms with Crippen LogP contribution in [0.1, 0.15) is 29.7 Å². The maximum absolute atomic E-state index is 13.4. The van der Waals surface area contributed by atoms with Crippen molar-refractivity contribution in [3.8, 4) is 11.4 Å². The lowest BCUT2D eigenvalue weighted by Crippen LogP contribution is -2.51. The van der Waals surface area contributed by atoms with E-state index < -0.39 is 10.0 Å². The monoisotopic (exact) mass is 471 g/mol. The molecule has 8 heteroatoms. The summed E-state index contributed by atoms with van der Waals surface area (Å²) in [6.45, 7) is 5.06. The number of anilines is 1. The number of hydrogen-bond acceptors (Lipinski definition) is 4. The Kier molecular flexibility index (Phi) is 5.04. The van der Waals surface area contributed by atoms with Crippen molar-refractivity contribution >= 4 is 27.3 Å². The average Bonchev–Trinajstić information content (AvgIpc) is 3.28. The second-order valence-corrected chi connectivity index (χ2v) is 10.9. The van der Waals surface area contributed by atoms with Gasteiger partial charge in [0.25, 0.3) is 0 Å². The summed E-state index contributed by atoms with van der Waals surface area (Å²) in [5, 5.41) is 4.15. The number of aromatic nitrogens is 1. The first-order valence-corrected chi connectivity index (χ1v) is 12.5. The van der Waals surface area contributed by atoms with E-state index in [2.05, 4.69) is 54.2 Å². The van der Waals surface area contributed by atoms with Crippen molar-refractivity contribution in [3.63, 3.8) is 0 Å². The van der Waals surface area contributed by atoms with Crippen LogP contribution >= 0.6 is 11.6 Å². The van der Waals surface area contributed by atoms with Gasteiger partial charge >= 0.3 is 0 Å². The highest BCUT2D eigenvalue weighted by Crippen LogP contribution is 2.45. The first kappa shape index (κ1) is 21.4. The summed E-state index contributed by atoms with van der Waals surface area (Å²) < 4.78 is 36.0. The maximum atomic E-state index is 13.4. The highest BCUT2D eigenvalue weighted by atomic mass is 35.5. The number of halogens is 1. The number of rotatable bonds is 3. The number of nitrogens with one attached hydrogen (secondary N) is 1. The molecule has 2 aliphatic heterocycles. The quantitative estimate of drug-likeness (QED) is 0.592. The van der Waals surface area contributed by atoms with Crippen LogP contribution in [0.25, 0.3) is 5.69 Å². The average molecular weight is 472 g/mol. The highest BCUT2D eigenvalue weighted by molar-refractivity contribution is 7.89. The third kappa shape index (κ3) is 3.14. The standard InChI is InChI=1S/C24H26ClN3O3S/c1-16-6-8-19-23(17(16)2)28-12-4-5-22(28)24(26-19)10-13-27(14-11-24)32(29,30)21-15-18(25)7-9-20(21)31-3/h4-9,12,15,26H,10-11,13-14H2,1-3H3. The summed E-state index contributed by atoms with van der Waals surface area (Å²) in [5.41, 5.74) is 5.62. The van der Waals surface area contributed by atoms with Crippen molar-refractivity contribution in [1.82, 2.24) is 8.87 Å². The third-order valence-electron chi connectivity index (χ3n) is 6.88. The SMILES string of the molecule is COc1ccc(Cl)cc1S(=O)(=O)N1CCC2(CC1)Nc1ccc(C)c(C)c1-n1cccc12. The largest absolute Gasteiger partial charge is 0.495 e. The molecule has 1 spiro atoms. The molecule has 0 bridgehead atoms. The van der Waals surface area contributed by atoms with Gasteiger partial charge in [0.15, 0.2) is 0 Å². The molecule has 0 radical (unpaired) electrons. The predicted octanol–water partition coefficient (Wildman–Crippen LogP) is 4.86. The van der Waals surface area contributed by atoms with E-state index in [4.69, 9.17) is 16.3 Å². The molecule has 1 N–H and O–H groups in total. The Hall–Kier alpha value is -2.48. The number of benzene rings is 2. The molecule has 6 nitrogen and oxygen atoms in total. The van der Waals surface area contributed by atoms with Crippen LogP contribution in [-0.4, -0.2) is 37.5 Å². The fourth-order valence-electron chi connectivity index (χ4n) is 4.98. The van der Waals surface area contributed by atoms with E-state index in [1.54, 1.807) is 12.1 Å². The van der Waals surface area contributed by atoms with Crippen LogP contribution in [0.4, 0.5) is 5.69 Å². The summed E-state index contributed by atoms with van der Waals surface area (Å²) in [4.78, 5) is 0.111. The van der Waals surface area contributed by atoms with Gasteiger partial charge in [-0.15, -0.1) is 0 Å². The van der Waals surface area contributed by atoms with Gasteiger partial charge in [0.1, 0.15) is 10.6 Å². The van der Waals surface area contributed by atoms with Gasteiger partial charge in [0, 0.05) is 30.0 Å². The van der Waals surface area contributed by atoms with Crippen molar-refractivity contribution in [2.45, 2.75) is 37.1 Å². The van der Waals surface area contributed by atoms with Crippen molar-refractivity contribution in [2.24, 2.45) is 0 Å². The number of piperidine rings is 1. The Morgan fingerprint density at radius 1 is 1.09 bits per heavy atom. The van der Waals surface area contributed by atoms with Crippen LogP contribution in [0, 0.1) is 13.8 Å². The molecule has 0 aliphatic carbocycles. The molecule has 2 aliphatic rings. The second-order valence-electron chi connectivity index (χ2n) is 8.57. The molecule has 1 aromatic heterocycles. The Labute approximate surface area is 193 Å². The first-order chi connectivity index (χ1) is 15.3. The molecule has 1 saturated heterocycles. The lowest BCUT2D eigenvalue weighted by Gasteiger charge is -2.46. The predicted molar refractivity (Wildman–Crippen MR) is 127 cm³/mol. The fourth-order valence-corrected chi connectivity index (χ4v) is 6.84. The molecule has 168 valence electrons. The minimum absolute atomic E-state index is 0.111. The Balaban J connectivity index is 1.48. The second kappa shape index (κ2) is 7.54. The molecular formula is C24H26ClN3O3S. The molecule has 0 amide bonds. The zero-order chi connectivity index (χ0) is 22.7. The lowest BCUT2D eigenvalue weighted by molar-refractivity contribution is 0.247. The van der Waals surface area contributed by atoms with Crippen LogP contribution in [-0.2, 0) is 15.6 Å². The van der Waals surface area contributed by atoms with Gasteiger partial charge in [-0.05, 0) is 74.2 Å². The minimum Gasteiger partial charge on any atom is -0.495 e. The highest BCUT2D eigenvalue weighted by Gasteiger charge is 2.44. The van der Waals surface area contributed by atoms with Gasteiger partial charge < -0.3 is 14.6 Å².